The van der Waals surface area contributed by atoms with Crippen LogP contribution in [0.2, 0.25) is 0 Å². The molecule has 4 N–H and O–H groups in total. The van der Waals surface area contributed by atoms with E-state index in [4.69, 9.17) is 5.73 Å². The van der Waals surface area contributed by atoms with Gasteiger partial charge in [0.2, 0.25) is 5.91 Å². The minimum atomic E-state index is -0.892. The van der Waals surface area contributed by atoms with E-state index in [1.807, 2.05) is 0 Å². The largest absolute Gasteiger partial charge is 0.370 e. The topological polar surface area (TPSA) is 101 Å². The van der Waals surface area contributed by atoms with Gasteiger partial charge in [-0.2, -0.15) is 0 Å². The molecule has 2 fully saturated rings. The van der Waals surface area contributed by atoms with Gasteiger partial charge in [0.05, 0.1) is 17.3 Å². The molecule has 0 bridgehead atoms. The fourth-order valence-electron chi connectivity index (χ4n) is 2.47. The molecule has 7 heteroatoms. The number of amides is 3. The van der Waals surface area contributed by atoms with E-state index in [1.54, 1.807) is 0 Å². The summed E-state index contributed by atoms with van der Waals surface area (Å²) in [6, 6.07) is -0.180. The summed E-state index contributed by atoms with van der Waals surface area (Å²) in [7, 11) is -0.892. The average Bonchev–Trinajstić information content (AvgIpc) is 2.69. The van der Waals surface area contributed by atoms with Crippen molar-refractivity contribution in [1.29, 1.82) is 0 Å². The van der Waals surface area contributed by atoms with E-state index >= 15 is 0 Å². The molecular formula is C10H17N3O3S. The summed E-state index contributed by atoms with van der Waals surface area (Å²) in [6.45, 7) is 0. The Morgan fingerprint density at radius 2 is 2.18 bits per heavy atom. The Hall–Kier alpha value is -1.11. The van der Waals surface area contributed by atoms with Gasteiger partial charge in [-0.1, -0.05) is 6.42 Å². The van der Waals surface area contributed by atoms with Gasteiger partial charge in [0.15, 0.2) is 0 Å². The number of primary amides is 1. The van der Waals surface area contributed by atoms with Crippen LogP contribution in [0.15, 0.2) is 0 Å². The summed E-state index contributed by atoms with van der Waals surface area (Å²) in [5.41, 5.74) is 5.05. The molecule has 17 heavy (non-hydrogen) atoms. The zero-order valence-corrected chi connectivity index (χ0v) is 10.3. The van der Waals surface area contributed by atoms with Crippen LogP contribution in [-0.2, 0) is 15.6 Å². The predicted octanol–water partition coefficient (Wildman–Crippen LogP) is -0.787. The molecule has 0 aromatic heterocycles. The molecule has 2 aliphatic rings. The molecule has 2 saturated heterocycles. The highest BCUT2D eigenvalue weighted by atomic mass is 32.2. The number of fused-ring (bicyclic) bond motifs is 1. The molecule has 0 aromatic rings. The lowest BCUT2D eigenvalue weighted by atomic mass is 10.0. The van der Waals surface area contributed by atoms with Crippen LogP contribution >= 0.6 is 0 Å². The molecule has 0 saturated carbocycles. The number of carbonyl (C=O) groups is 2. The quantitative estimate of drug-likeness (QED) is 0.445. The number of rotatable bonds is 5. The van der Waals surface area contributed by atoms with E-state index in [-0.39, 0.29) is 29.3 Å². The summed E-state index contributed by atoms with van der Waals surface area (Å²) in [5.74, 6) is 0.232. The molecule has 2 heterocycles. The Labute approximate surface area is 102 Å². The van der Waals surface area contributed by atoms with Crippen LogP contribution in [0.25, 0.3) is 0 Å². The van der Waals surface area contributed by atoms with Gasteiger partial charge < -0.3 is 16.4 Å². The summed E-state index contributed by atoms with van der Waals surface area (Å²) in [6.07, 6.45) is 2.68. The molecule has 3 amide bonds. The number of hydrogen-bond donors (Lipinski definition) is 3. The van der Waals surface area contributed by atoms with Crippen LogP contribution in [0.5, 0.6) is 0 Å². The minimum Gasteiger partial charge on any atom is -0.370 e. The maximum absolute atomic E-state index is 11.9. The number of unbranched alkanes of at least 4 members (excludes halogenated alkanes) is 1. The van der Waals surface area contributed by atoms with Crippen LogP contribution in [-0.4, -0.2) is 39.2 Å². The molecule has 0 spiro atoms. The molecule has 1 unspecified atom stereocenters. The van der Waals surface area contributed by atoms with Crippen molar-refractivity contribution in [3.63, 3.8) is 0 Å². The maximum Gasteiger partial charge on any atom is 0.315 e. The highest BCUT2D eigenvalue weighted by Gasteiger charge is 2.46. The zero-order valence-electron chi connectivity index (χ0n) is 9.48. The van der Waals surface area contributed by atoms with Gasteiger partial charge in [-0.15, -0.1) is 0 Å². The number of nitrogens with one attached hydrogen (secondary N) is 2. The Kier molecular flexibility index (Phi) is 3.66. The second-order valence-electron chi connectivity index (χ2n) is 4.55. The summed E-state index contributed by atoms with van der Waals surface area (Å²) in [5, 5.41) is 5.59. The van der Waals surface area contributed by atoms with Crippen LogP contribution in [0.3, 0.4) is 0 Å². The molecule has 0 radical (unpaired) electrons. The van der Waals surface area contributed by atoms with Crippen molar-refractivity contribution in [1.82, 2.24) is 10.6 Å². The standard InChI is InChI=1S/C10H17N3O3S/c11-8(14)4-2-1-3-7-9-6(5-17(7)16)12-10(15)13-9/h6-7,9H,1-5H2,(H2,11,14)(H2,12,13,15)/t6-,7-,9-,17?/m0/s1. The van der Waals surface area contributed by atoms with E-state index < -0.39 is 10.8 Å². The second-order valence-corrected chi connectivity index (χ2v) is 6.25. The number of urea groups is 1. The molecular weight excluding hydrogens is 242 g/mol. The summed E-state index contributed by atoms with van der Waals surface area (Å²) in [4.78, 5) is 21.7. The Balaban J connectivity index is 1.81. The molecule has 2 aliphatic heterocycles. The molecule has 96 valence electrons. The van der Waals surface area contributed by atoms with E-state index in [1.165, 1.54) is 0 Å². The predicted molar refractivity (Wildman–Crippen MR) is 63.7 cm³/mol. The smallest absolute Gasteiger partial charge is 0.315 e. The third-order valence-corrected chi connectivity index (χ3v) is 5.18. The van der Waals surface area contributed by atoms with E-state index in [9.17, 15) is 13.8 Å². The van der Waals surface area contributed by atoms with Crippen molar-refractivity contribution in [3.8, 4) is 0 Å². The zero-order chi connectivity index (χ0) is 12.4. The van der Waals surface area contributed by atoms with Gasteiger partial charge in [0.25, 0.3) is 0 Å². The molecule has 0 aliphatic carbocycles. The van der Waals surface area contributed by atoms with Crippen molar-refractivity contribution in [3.05, 3.63) is 0 Å². The minimum absolute atomic E-state index is 0.00414. The van der Waals surface area contributed by atoms with Crippen molar-refractivity contribution in [2.75, 3.05) is 5.75 Å². The van der Waals surface area contributed by atoms with E-state index in [0.717, 1.165) is 19.3 Å². The third kappa shape index (κ3) is 2.77. The normalized spacial score (nSPS) is 35.2. The molecule has 2 rings (SSSR count). The first-order valence-electron chi connectivity index (χ1n) is 5.80. The van der Waals surface area contributed by atoms with Gasteiger partial charge in [0, 0.05) is 23.0 Å². The number of nitrogens with two attached hydrogens (primary N) is 1. The Bertz CT molecular complexity index is 361. The van der Waals surface area contributed by atoms with Crippen LogP contribution < -0.4 is 16.4 Å². The van der Waals surface area contributed by atoms with Crippen molar-refractivity contribution >= 4 is 22.7 Å². The lowest BCUT2D eigenvalue weighted by Gasteiger charge is -2.15. The summed E-state index contributed by atoms with van der Waals surface area (Å²) >= 11 is 0. The maximum atomic E-state index is 11.9. The number of hydrogen-bond acceptors (Lipinski definition) is 3. The van der Waals surface area contributed by atoms with Gasteiger partial charge >= 0.3 is 6.03 Å². The Morgan fingerprint density at radius 3 is 2.88 bits per heavy atom. The van der Waals surface area contributed by atoms with Gasteiger partial charge in [0.1, 0.15) is 0 Å². The lowest BCUT2D eigenvalue weighted by molar-refractivity contribution is -0.118. The van der Waals surface area contributed by atoms with E-state index in [2.05, 4.69) is 10.6 Å². The van der Waals surface area contributed by atoms with Crippen LogP contribution in [0, 0.1) is 0 Å². The molecule has 6 nitrogen and oxygen atoms in total. The van der Waals surface area contributed by atoms with Crippen LogP contribution in [0.4, 0.5) is 4.79 Å². The van der Waals surface area contributed by atoms with Crippen molar-refractivity contribution in [2.24, 2.45) is 5.73 Å². The molecule has 0 aromatic carbocycles. The van der Waals surface area contributed by atoms with Crippen molar-refractivity contribution < 1.29 is 13.8 Å². The highest BCUT2D eigenvalue weighted by Crippen LogP contribution is 2.25. The van der Waals surface area contributed by atoms with Gasteiger partial charge in [-0.25, -0.2) is 4.79 Å². The second kappa shape index (κ2) is 5.03. The SMILES string of the molecule is NC(=O)CCCC[C@H]1[C@H]2NC(=O)N[C@H]2CS1=O. The molecule has 4 atom stereocenters. The fraction of sp³-hybridized carbons (Fsp3) is 0.800. The van der Waals surface area contributed by atoms with Gasteiger partial charge in [-0.3, -0.25) is 9.00 Å². The van der Waals surface area contributed by atoms with Gasteiger partial charge in [-0.05, 0) is 12.8 Å². The number of carbonyl (C=O) groups excluding carboxylic acids is 2. The highest BCUT2D eigenvalue weighted by molar-refractivity contribution is 7.86. The first kappa shape index (κ1) is 12.3. The monoisotopic (exact) mass is 259 g/mol. The summed E-state index contributed by atoms with van der Waals surface area (Å²) < 4.78 is 11.9. The lowest BCUT2D eigenvalue weighted by Crippen LogP contribution is -2.38. The first-order valence-corrected chi connectivity index (χ1v) is 7.18. The van der Waals surface area contributed by atoms with Crippen molar-refractivity contribution in [2.45, 2.75) is 43.0 Å². The first-order chi connectivity index (χ1) is 8.08. The fourth-order valence-corrected chi connectivity index (χ4v) is 4.38. The third-order valence-electron chi connectivity index (χ3n) is 3.29. The van der Waals surface area contributed by atoms with Crippen LogP contribution in [0.1, 0.15) is 25.7 Å². The van der Waals surface area contributed by atoms with E-state index in [0.29, 0.717) is 12.2 Å². The average molecular weight is 259 g/mol. The Morgan fingerprint density at radius 1 is 1.41 bits per heavy atom.